The Morgan fingerprint density at radius 2 is 2.27 bits per heavy atom. The Kier molecular flexibility index (Phi) is 5.84. The van der Waals surface area contributed by atoms with Crippen LogP contribution in [0.5, 0.6) is 0 Å². The molecule has 0 aliphatic heterocycles. The van der Waals surface area contributed by atoms with E-state index in [4.69, 9.17) is 5.26 Å². The van der Waals surface area contributed by atoms with Crippen LogP contribution >= 0.6 is 11.8 Å². The van der Waals surface area contributed by atoms with Crippen LogP contribution in [0, 0.1) is 17.2 Å². The van der Waals surface area contributed by atoms with Crippen molar-refractivity contribution in [2.24, 2.45) is 5.92 Å². The molecule has 2 aromatic rings. The highest BCUT2D eigenvalue weighted by atomic mass is 32.2. The predicted molar refractivity (Wildman–Crippen MR) is 89.4 cm³/mol. The number of fused-ring (bicyclic) bond motifs is 1. The quantitative estimate of drug-likeness (QED) is 0.769. The van der Waals surface area contributed by atoms with E-state index >= 15 is 0 Å². The summed E-state index contributed by atoms with van der Waals surface area (Å²) in [6.07, 6.45) is 0.938. The Morgan fingerprint density at radius 1 is 1.50 bits per heavy atom. The molecule has 116 valence electrons. The number of amides is 1. The molecule has 0 saturated heterocycles. The second-order valence-corrected chi connectivity index (χ2v) is 6.21. The fourth-order valence-electron chi connectivity index (χ4n) is 2.24. The molecule has 2 rings (SSSR count). The number of thioether (sulfide) groups is 1. The summed E-state index contributed by atoms with van der Waals surface area (Å²) in [5.74, 6) is 1.61. The number of imidazole rings is 1. The van der Waals surface area contributed by atoms with Crippen LogP contribution < -0.4 is 5.32 Å². The van der Waals surface area contributed by atoms with E-state index < -0.39 is 0 Å². The zero-order valence-corrected chi connectivity index (χ0v) is 13.6. The van der Waals surface area contributed by atoms with Gasteiger partial charge in [0.15, 0.2) is 0 Å². The SMILES string of the molecule is CC[C@@H](C)[C@@H](NC(=O)CSCC#N)c1nc2ccccc2[nH]1. The van der Waals surface area contributed by atoms with Crippen LogP contribution in [-0.2, 0) is 4.79 Å². The van der Waals surface area contributed by atoms with E-state index in [1.807, 2.05) is 30.3 Å². The van der Waals surface area contributed by atoms with Crippen LogP contribution in [0.4, 0.5) is 0 Å². The maximum Gasteiger partial charge on any atom is 0.230 e. The third kappa shape index (κ3) is 4.01. The zero-order chi connectivity index (χ0) is 15.9. The molecular formula is C16H20N4OS. The maximum atomic E-state index is 12.1. The normalized spacial score (nSPS) is 13.5. The molecule has 2 atom stereocenters. The highest BCUT2D eigenvalue weighted by molar-refractivity contribution is 8.00. The first-order valence-corrected chi connectivity index (χ1v) is 8.49. The molecule has 1 heterocycles. The zero-order valence-electron chi connectivity index (χ0n) is 12.8. The van der Waals surface area contributed by atoms with Gasteiger partial charge in [-0.05, 0) is 18.1 Å². The van der Waals surface area contributed by atoms with Crippen molar-refractivity contribution in [3.05, 3.63) is 30.1 Å². The fraction of sp³-hybridized carbons (Fsp3) is 0.438. The van der Waals surface area contributed by atoms with Gasteiger partial charge in [0.05, 0.1) is 34.7 Å². The topological polar surface area (TPSA) is 81.6 Å². The standard InChI is InChI=1S/C16H20N4OS/c1-3-11(2)15(20-14(21)10-22-9-8-17)16-18-12-6-4-5-7-13(12)19-16/h4-7,11,15H,3,9-10H2,1-2H3,(H,18,19)(H,20,21)/t11-,15-/m1/s1. The van der Waals surface area contributed by atoms with Gasteiger partial charge < -0.3 is 10.3 Å². The lowest BCUT2D eigenvalue weighted by Crippen LogP contribution is -2.34. The van der Waals surface area contributed by atoms with Crippen molar-refractivity contribution in [1.82, 2.24) is 15.3 Å². The monoisotopic (exact) mass is 316 g/mol. The fourth-order valence-corrected chi connectivity index (χ4v) is 2.70. The molecule has 0 radical (unpaired) electrons. The van der Waals surface area contributed by atoms with Gasteiger partial charge in [-0.3, -0.25) is 4.79 Å². The first-order valence-electron chi connectivity index (χ1n) is 7.34. The molecule has 6 heteroatoms. The highest BCUT2D eigenvalue weighted by Gasteiger charge is 2.23. The smallest absolute Gasteiger partial charge is 0.230 e. The molecule has 0 spiro atoms. The number of benzene rings is 1. The summed E-state index contributed by atoms with van der Waals surface area (Å²) in [6, 6.07) is 9.71. The van der Waals surface area contributed by atoms with E-state index in [1.165, 1.54) is 11.8 Å². The molecule has 1 aromatic carbocycles. The van der Waals surface area contributed by atoms with Gasteiger partial charge in [-0.2, -0.15) is 5.26 Å². The second-order valence-electron chi connectivity index (χ2n) is 5.22. The number of hydrogen-bond donors (Lipinski definition) is 2. The van der Waals surface area contributed by atoms with Gasteiger partial charge >= 0.3 is 0 Å². The Labute approximate surface area is 134 Å². The Balaban J connectivity index is 2.15. The van der Waals surface area contributed by atoms with Gasteiger partial charge in [0.25, 0.3) is 0 Å². The molecule has 22 heavy (non-hydrogen) atoms. The van der Waals surface area contributed by atoms with Crippen molar-refractivity contribution >= 4 is 28.7 Å². The van der Waals surface area contributed by atoms with Crippen molar-refractivity contribution in [2.45, 2.75) is 26.3 Å². The van der Waals surface area contributed by atoms with Gasteiger partial charge in [-0.15, -0.1) is 11.8 Å². The number of nitrogens with zero attached hydrogens (tertiary/aromatic N) is 2. The summed E-state index contributed by atoms with van der Waals surface area (Å²) in [5.41, 5.74) is 1.87. The summed E-state index contributed by atoms with van der Waals surface area (Å²) in [7, 11) is 0. The molecule has 2 N–H and O–H groups in total. The van der Waals surface area contributed by atoms with Gasteiger partial charge in [0, 0.05) is 0 Å². The van der Waals surface area contributed by atoms with Crippen LogP contribution in [0.1, 0.15) is 32.1 Å². The number of carbonyl (C=O) groups is 1. The van der Waals surface area contributed by atoms with Crippen LogP contribution in [0.15, 0.2) is 24.3 Å². The lowest BCUT2D eigenvalue weighted by molar-refractivity contribution is -0.119. The molecule has 1 aromatic heterocycles. The number of nitriles is 1. The first kappa shape index (κ1) is 16.4. The third-order valence-electron chi connectivity index (χ3n) is 3.63. The minimum atomic E-state index is -0.146. The van der Waals surface area contributed by atoms with E-state index in [-0.39, 0.29) is 17.9 Å². The van der Waals surface area contributed by atoms with E-state index in [0.29, 0.717) is 11.5 Å². The third-order valence-corrected chi connectivity index (χ3v) is 4.43. The highest BCUT2D eigenvalue weighted by Crippen LogP contribution is 2.24. The van der Waals surface area contributed by atoms with Gasteiger partial charge in [-0.25, -0.2) is 4.98 Å². The van der Waals surface area contributed by atoms with Crippen LogP contribution in [0.3, 0.4) is 0 Å². The summed E-state index contributed by atoms with van der Waals surface area (Å²) < 4.78 is 0. The number of rotatable bonds is 7. The Bertz CT molecular complexity index is 643. The van der Waals surface area contributed by atoms with Crippen molar-refractivity contribution in [3.63, 3.8) is 0 Å². The molecule has 0 bridgehead atoms. The van der Waals surface area contributed by atoms with Gasteiger partial charge in [-0.1, -0.05) is 32.4 Å². The molecule has 1 amide bonds. The average molecular weight is 316 g/mol. The number of aromatic nitrogens is 2. The van der Waals surface area contributed by atoms with Gasteiger partial charge in [0.1, 0.15) is 5.82 Å². The van der Waals surface area contributed by atoms with Crippen LogP contribution in [-0.4, -0.2) is 27.4 Å². The second kappa shape index (κ2) is 7.85. The largest absolute Gasteiger partial charge is 0.345 e. The number of para-hydroxylation sites is 2. The summed E-state index contributed by atoms with van der Waals surface area (Å²) >= 11 is 1.32. The van der Waals surface area contributed by atoms with Gasteiger partial charge in [0.2, 0.25) is 5.91 Å². The van der Waals surface area contributed by atoms with E-state index in [9.17, 15) is 4.79 Å². The molecule has 0 aliphatic carbocycles. The number of H-pyrrole nitrogens is 1. The number of carbonyl (C=O) groups excluding carboxylic acids is 1. The van der Waals surface area contributed by atoms with Crippen molar-refractivity contribution < 1.29 is 4.79 Å². The molecule has 5 nitrogen and oxygen atoms in total. The molecule has 0 fully saturated rings. The minimum absolute atomic E-state index is 0.0639. The Hall–Kier alpha value is -2.00. The number of hydrogen-bond acceptors (Lipinski definition) is 4. The number of aromatic amines is 1. The molecular weight excluding hydrogens is 296 g/mol. The first-order chi connectivity index (χ1) is 10.7. The predicted octanol–water partition coefficient (Wildman–Crippen LogP) is 3.02. The molecule has 0 saturated carbocycles. The summed E-state index contributed by atoms with van der Waals surface area (Å²) in [4.78, 5) is 20.0. The average Bonchev–Trinajstić information content (AvgIpc) is 2.95. The lowest BCUT2D eigenvalue weighted by Gasteiger charge is -2.22. The lowest BCUT2D eigenvalue weighted by atomic mass is 9.98. The van der Waals surface area contributed by atoms with E-state index in [1.54, 1.807) is 0 Å². The van der Waals surface area contributed by atoms with Crippen molar-refractivity contribution in [3.8, 4) is 6.07 Å². The summed E-state index contributed by atoms with van der Waals surface area (Å²) in [5, 5.41) is 11.6. The molecule has 0 aliphatic rings. The Morgan fingerprint density at radius 3 is 2.95 bits per heavy atom. The van der Waals surface area contributed by atoms with Crippen LogP contribution in [0.2, 0.25) is 0 Å². The summed E-state index contributed by atoms with van der Waals surface area (Å²) in [6.45, 7) is 4.19. The van der Waals surface area contributed by atoms with Crippen LogP contribution in [0.25, 0.3) is 11.0 Å². The number of nitrogens with one attached hydrogen (secondary N) is 2. The molecule has 0 unspecified atom stereocenters. The van der Waals surface area contributed by atoms with E-state index in [2.05, 4.69) is 29.1 Å². The van der Waals surface area contributed by atoms with Crippen molar-refractivity contribution in [2.75, 3.05) is 11.5 Å². The van der Waals surface area contributed by atoms with E-state index in [0.717, 1.165) is 23.3 Å². The minimum Gasteiger partial charge on any atom is -0.345 e. The van der Waals surface area contributed by atoms with Crippen molar-refractivity contribution in [1.29, 1.82) is 5.26 Å². The maximum absolute atomic E-state index is 12.1.